The zero-order valence-electron chi connectivity index (χ0n) is 18.8. The fourth-order valence-electron chi connectivity index (χ4n) is 4.61. The van der Waals surface area contributed by atoms with Gasteiger partial charge in [0.15, 0.2) is 5.65 Å². The van der Waals surface area contributed by atoms with Crippen molar-refractivity contribution >= 4 is 17.4 Å². The summed E-state index contributed by atoms with van der Waals surface area (Å²) in [6, 6.07) is 1.98. The van der Waals surface area contributed by atoms with Gasteiger partial charge in [0, 0.05) is 36.1 Å². The molecule has 1 aliphatic heterocycles. The third-order valence-electron chi connectivity index (χ3n) is 6.24. The SMILES string of the molecule is CCn1ncc(-c2ccnc3c(C(=O)N4c5cc(C)nn5[C@@H](C(F)F)C[C@H]4C)cnn23)c1C. The van der Waals surface area contributed by atoms with E-state index in [0.717, 1.165) is 23.5 Å². The van der Waals surface area contributed by atoms with E-state index in [0.29, 0.717) is 22.7 Å². The van der Waals surface area contributed by atoms with E-state index in [1.54, 1.807) is 36.8 Å². The molecule has 1 amide bonds. The molecule has 172 valence electrons. The summed E-state index contributed by atoms with van der Waals surface area (Å²) in [5.41, 5.74) is 3.91. The lowest BCUT2D eigenvalue weighted by molar-refractivity contribution is 0.0609. The number of fused-ring (bicyclic) bond motifs is 2. The summed E-state index contributed by atoms with van der Waals surface area (Å²) in [5.74, 6) is 0.00844. The highest BCUT2D eigenvalue weighted by Gasteiger charge is 2.40. The Morgan fingerprint density at radius 2 is 2.03 bits per heavy atom. The highest BCUT2D eigenvalue weighted by atomic mass is 19.3. The molecule has 0 saturated carbocycles. The standard InChI is InChI=1S/C22H24F2N8O/c1-5-29-14(4)15(10-26-29)17-6-7-25-21-16(11-27-32(17)21)22(33)30-13(3)9-18(20(23)24)31-19(30)8-12(2)28-31/h6-8,10-11,13,18,20H,5,9H2,1-4H3/t13-,18-/m1/s1. The van der Waals surface area contributed by atoms with E-state index in [2.05, 4.69) is 20.3 Å². The second-order valence-electron chi connectivity index (χ2n) is 8.33. The summed E-state index contributed by atoms with van der Waals surface area (Å²) in [4.78, 5) is 19.6. The normalized spacial score (nSPS) is 18.3. The summed E-state index contributed by atoms with van der Waals surface area (Å²) < 4.78 is 32.1. The molecule has 0 N–H and O–H groups in total. The van der Waals surface area contributed by atoms with Crippen molar-refractivity contribution in [3.05, 3.63) is 47.7 Å². The lowest BCUT2D eigenvalue weighted by Crippen LogP contribution is -2.46. The minimum atomic E-state index is -2.57. The second-order valence-corrected chi connectivity index (χ2v) is 8.33. The monoisotopic (exact) mass is 454 g/mol. The molecule has 0 bridgehead atoms. The summed E-state index contributed by atoms with van der Waals surface area (Å²) in [6.45, 7) is 8.23. The van der Waals surface area contributed by atoms with Crippen LogP contribution in [0.3, 0.4) is 0 Å². The minimum absolute atomic E-state index is 0.102. The quantitative estimate of drug-likeness (QED) is 0.470. The number of hydrogen-bond acceptors (Lipinski definition) is 5. The number of aromatic nitrogens is 7. The molecule has 0 fully saturated rings. The molecule has 0 saturated heterocycles. The van der Waals surface area contributed by atoms with Gasteiger partial charge in [-0.1, -0.05) is 0 Å². The Kier molecular flexibility index (Phi) is 4.98. The highest BCUT2D eigenvalue weighted by molar-refractivity contribution is 6.10. The first-order valence-corrected chi connectivity index (χ1v) is 10.8. The van der Waals surface area contributed by atoms with Crippen molar-refractivity contribution in [2.45, 2.75) is 59.2 Å². The molecule has 0 aliphatic carbocycles. The van der Waals surface area contributed by atoms with Crippen LogP contribution in [0.15, 0.2) is 30.7 Å². The summed E-state index contributed by atoms with van der Waals surface area (Å²) in [5, 5.41) is 13.1. The van der Waals surface area contributed by atoms with Crippen LogP contribution in [-0.4, -0.2) is 52.5 Å². The van der Waals surface area contributed by atoms with Gasteiger partial charge in [-0.15, -0.1) is 0 Å². The van der Waals surface area contributed by atoms with Crippen LogP contribution in [0.1, 0.15) is 48.1 Å². The molecule has 0 aromatic carbocycles. The molecular weight excluding hydrogens is 430 g/mol. The molecule has 4 aromatic heterocycles. The predicted octanol–water partition coefficient (Wildman–Crippen LogP) is 3.67. The van der Waals surface area contributed by atoms with Crippen molar-refractivity contribution in [3.63, 3.8) is 0 Å². The summed E-state index contributed by atoms with van der Waals surface area (Å²) in [7, 11) is 0. The van der Waals surface area contributed by atoms with Gasteiger partial charge in [0.05, 0.1) is 23.8 Å². The Bertz CT molecular complexity index is 1350. The molecule has 11 heteroatoms. The summed E-state index contributed by atoms with van der Waals surface area (Å²) >= 11 is 0. The molecule has 1 aliphatic rings. The number of aryl methyl sites for hydroxylation is 2. The topological polar surface area (TPSA) is 86.1 Å². The zero-order chi connectivity index (χ0) is 23.4. The van der Waals surface area contributed by atoms with Gasteiger partial charge in [-0.05, 0) is 40.2 Å². The maximum Gasteiger partial charge on any atom is 0.265 e. The molecule has 33 heavy (non-hydrogen) atoms. The van der Waals surface area contributed by atoms with Crippen LogP contribution in [0.25, 0.3) is 16.9 Å². The number of amides is 1. The van der Waals surface area contributed by atoms with Crippen LogP contribution in [0.4, 0.5) is 14.6 Å². The van der Waals surface area contributed by atoms with Crippen LogP contribution in [-0.2, 0) is 6.54 Å². The van der Waals surface area contributed by atoms with E-state index in [1.165, 1.54) is 15.8 Å². The van der Waals surface area contributed by atoms with Crippen molar-refractivity contribution in [1.29, 1.82) is 0 Å². The number of halogens is 2. The molecule has 0 spiro atoms. The third-order valence-corrected chi connectivity index (χ3v) is 6.24. The summed E-state index contributed by atoms with van der Waals surface area (Å²) in [6.07, 6.45) is 2.41. The Morgan fingerprint density at radius 3 is 2.73 bits per heavy atom. The largest absolute Gasteiger partial charge is 0.290 e. The van der Waals surface area contributed by atoms with E-state index in [4.69, 9.17) is 0 Å². The van der Waals surface area contributed by atoms with Gasteiger partial charge in [0.25, 0.3) is 12.3 Å². The zero-order valence-corrected chi connectivity index (χ0v) is 18.8. The minimum Gasteiger partial charge on any atom is -0.290 e. The van der Waals surface area contributed by atoms with E-state index in [-0.39, 0.29) is 12.3 Å². The van der Waals surface area contributed by atoms with Gasteiger partial charge in [-0.3, -0.25) is 14.4 Å². The molecule has 2 atom stereocenters. The first-order valence-electron chi connectivity index (χ1n) is 10.8. The lowest BCUT2D eigenvalue weighted by Gasteiger charge is -2.37. The number of carbonyl (C=O) groups excluding carboxylic acids is 1. The third kappa shape index (κ3) is 3.21. The molecular formula is C22H24F2N8O. The first-order chi connectivity index (χ1) is 15.8. The van der Waals surface area contributed by atoms with Crippen molar-refractivity contribution in [3.8, 4) is 11.3 Å². The first kappa shape index (κ1) is 21.2. The molecule has 5 heterocycles. The highest BCUT2D eigenvalue weighted by Crippen LogP contribution is 2.37. The van der Waals surface area contributed by atoms with Crippen LogP contribution in [0.5, 0.6) is 0 Å². The van der Waals surface area contributed by atoms with Crippen LogP contribution in [0, 0.1) is 13.8 Å². The van der Waals surface area contributed by atoms with E-state index < -0.39 is 18.5 Å². The van der Waals surface area contributed by atoms with E-state index >= 15 is 0 Å². The van der Waals surface area contributed by atoms with Crippen molar-refractivity contribution in [2.75, 3.05) is 4.90 Å². The average molecular weight is 454 g/mol. The Morgan fingerprint density at radius 1 is 1.24 bits per heavy atom. The van der Waals surface area contributed by atoms with Gasteiger partial charge in [0.2, 0.25) is 0 Å². The average Bonchev–Trinajstić information content (AvgIpc) is 3.48. The Hall–Kier alpha value is -3.63. The molecule has 5 rings (SSSR count). The fraction of sp³-hybridized carbons (Fsp3) is 0.409. The van der Waals surface area contributed by atoms with Gasteiger partial charge < -0.3 is 0 Å². The lowest BCUT2D eigenvalue weighted by atomic mass is 10.0. The van der Waals surface area contributed by atoms with Gasteiger partial charge in [-0.25, -0.2) is 23.0 Å². The number of anilines is 1. The fourth-order valence-corrected chi connectivity index (χ4v) is 4.61. The molecule has 9 nitrogen and oxygen atoms in total. The van der Waals surface area contributed by atoms with Gasteiger partial charge in [-0.2, -0.15) is 15.3 Å². The smallest absolute Gasteiger partial charge is 0.265 e. The molecule has 0 radical (unpaired) electrons. The number of rotatable bonds is 4. The van der Waals surface area contributed by atoms with Crippen LogP contribution < -0.4 is 4.90 Å². The number of carbonyl (C=O) groups is 1. The number of hydrogen-bond donors (Lipinski definition) is 0. The van der Waals surface area contributed by atoms with E-state index in [1.807, 2.05) is 24.6 Å². The Balaban J connectivity index is 1.60. The van der Waals surface area contributed by atoms with Crippen LogP contribution >= 0.6 is 0 Å². The number of alkyl halides is 2. The van der Waals surface area contributed by atoms with Crippen LogP contribution in [0.2, 0.25) is 0 Å². The number of nitrogens with zero attached hydrogens (tertiary/aromatic N) is 8. The maximum atomic E-state index is 13.7. The van der Waals surface area contributed by atoms with Crippen molar-refractivity contribution in [2.24, 2.45) is 0 Å². The predicted molar refractivity (Wildman–Crippen MR) is 118 cm³/mol. The maximum absolute atomic E-state index is 13.7. The molecule has 4 aromatic rings. The van der Waals surface area contributed by atoms with E-state index in [9.17, 15) is 13.6 Å². The second kappa shape index (κ2) is 7.75. The molecule has 0 unspecified atom stereocenters. The van der Waals surface area contributed by atoms with Crippen molar-refractivity contribution < 1.29 is 13.6 Å². The van der Waals surface area contributed by atoms with Crippen molar-refractivity contribution in [1.82, 2.24) is 34.2 Å². The Labute approximate surface area is 188 Å². The van der Waals surface area contributed by atoms with Gasteiger partial charge >= 0.3 is 0 Å². The van der Waals surface area contributed by atoms with Gasteiger partial charge in [0.1, 0.15) is 17.4 Å².